The molecule has 0 radical (unpaired) electrons. The second-order valence-corrected chi connectivity index (χ2v) is 11.0. The largest absolute Gasteiger partial charge is 0.416 e. The number of aromatic nitrogens is 3. The van der Waals surface area contributed by atoms with E-state index in [4.69, 9.17) is 25.4 Å². The molecule has 3 N–H and O–H groups in total. The molecular formula is C26H26F4N5OS+. The third-order valence-corrected chi connectivity index (χ3v) is 8.26. The smallest absolute Gasteiger partial charge is 0.404 e. The number of rotatable bonds is 6. The molecule has 0 unspecified atom stereocenters. The number of fused-ring (bicyclic) bond motifs is 1. The van der Waals surface area contributed by atoms with E-state index in [1.807, 2.05) is 6.21 Å². The van der Waals surface area contributed by atoms with Crippen LogP contribution in [0.25, 0.3) is 21.6 Å². The van der Waals surface area contributed by atoms with E-state index in [1.54, 1.807) is 0 Å². The molecule has 3 aliphatic rings. The van der Waals surface area contributed by atoms with Gasteiger partial charge in [-0.1, -0.05) is 0 Å². The minimum atomic E-state index is -4.63. The minimum Gasteiger partial charge on any atom is -0.404 e. The first-order valence-electron chi connectivity index (χ1n) is 12.5. The third kappa shape index (κ3) is 5.11. The Labute approximate surface area is 214 Å². The van der Waals surface area contributed by atoms with Gasteiger partial charge in [-0.25, -0.2) is 24.3 Å². The molecule has 1 aromatic carbocycles. The molecule has 2 aromatic heterocycles. The van der Waals surface area contributed by atoms with Crippen molar-refractivity contribution in [3.63, 3.8) is 0 Å². The van der Waals surface area contributed by atoms with Gasteiger partial charge in [-0.15, -0.1) is 11.3 Å². The van der Waals surface area contributed by atoms with E-state index in [1.165, 1.54) is 17.5 Å². The average molecular weight is 533 g/mol. The normalized spacial score (nSPS) is 23.3. The van der Waals surface area contributed by atoms with Gasteiger partial charge in [-0.05, 0) is 43.9 Å². The SMILES string of the molecule is N/C=C(\C=[NH+]C1CC1)[C@H]1C[C@H](c2nc(-c3ccc(C(F)(F)F)cc3F)c3sc(C4CC4)nc3n2)CCO1. The molecule has 0 spiro atoms. The number of ether oxygens (including phenoxy) is 1. The maximum Gasteiger partial charge on any atom is 0.416 e. The van der Waals surface area contributed by atoms with E-state index >= 15 is 4.39 Å². The standard InChI is InChI=1S/C26H25F4N5OS/c27-19-10-16(26(28,29)30)3-6-18(19)21-22-24(35-25(37-22)13-1-2-13)34-23(33-21)14-7-8-36-20(9-14)15(11-31)12-32-17-4-5-17/h3,6,10-14,17,20H,1-2,4-5,7-9,31H2/p+1/b15-11+,32-12?/t14-,20-/m1/s1. The van der Waals surface area contributed by atoms with Crippen LogP contribution in [-0.2, 0) is 10.9 Å². The van der Waals surface area contributed by atoms with Crippen LogP contribution in [-0.4, -0.2) is 39.9 Å². The fraction of sp³-hybridized carbons (Fsp3) is 0.462. The zero-order valence-corrected chi connectivity index (χ0v) is 20.7. The molecule has 6 rings (SSSR count). The lowest BCUT2D eigenvalue weighted by atomic mass is 9.91. The second-order valence-electron chi connectivity index (χ2n) is 9.93. The van der Waals surface area contributed by atoms with Crippen LogP contribution in [0.1, 0.15) is 66.8 Å². The predicted octanol–water partition coefficient (Wildman–Crippen LogP) is 4.21. The van der Waals surface area contributed by atoms with Gasteiger partial charge in [0, 0.05) is 43.0 Å². The summed E-state index contributed by atoms with van der Waals surface area (Å²) in [6, 6.07) is 3.05. The van der Waals surface area contributed by atoms with Crippen molar-refractivity contribution in [1.29, 1.82) is 0 Å². The summed E-state index contributed by atoms with van der Waals surface area (Å²) in [6.45, 7) is 0.472. The van der Waals surface area contributed by atoms with Crippen LogP contribution in [0.3, 0.4) is 0 Å². The molecule has 194 valence electrons. The zero-order valence-electron chi connectivity index (χ0n) is 19.9. The molecule has 2 atom stereocenters. The number of hydrogen-bond acceptors (Lipinski definition) is 6. The van der Waals surface area contributed by atoms with Gasteiger partial charge >= 0.3 is 6.18 Å². The van der Waals surface area contributed by atoms with Crippen LogP contribution in [0.4, 0.5) is 17.6 Å². The Morgan fingerprint density at radius 2 is 1.89 bits per heavy atom. The van der Waals surface area contributed by atoms with E-state index in [2.05, 4.69) is 4.99 Å². The van der Waals surface area contributed by atoms with Crippen molar-refractivity contribution in [2.24, 2.45) is 5.73 Å². The Bertz CT molecular complexity index is 1390. The Morgan fingerprint density at radius 3 is 2.57 bits per heavy atom. The lowest BCUT2D eigenvalue weighted by molar-refractivity contribution is -0.467. The number of nitrogens with two attached hydrogens (primary N) is 1. The van der Waals surface area contributed by atoms with Gasteiger partial charge in [0.2, 0.25) is 0 Å². The monoisotopic (exact) mass is 532 g/mol. The summed E-state index contributed by atoms with van der Waals surface area (Å²) in [6.07, 6.45) is 4.13. The number of nitrogens with one attached hydrogen (secondary N) is 1. The molecule has 3 fully saturated rings. The summed E-state index contributed by atoms with van der Waals surface area (Å²) in [5, 5.41) is 0.911. The topological polar surface area (TPSA) is 87.9 Å². The number of halogens is 4. The van der Waals surface area contributed by atoms with Crippen molar-refractivity contribution in [2.45, 2.75) is 68.7 Å². The molecule has 2 aliphatic carbocycles. The van der Waals surface area contributed by atoms with E-state index in [9.17, 15) is 13.2 Å². The van der Waals surface area contributed by atoms with Gasteiger partial charge in [0.25, 0.3) is 0 Å². The molecule has 3 aromatic rings. The van der Waals surface area contributed by atoms with E-state index in [-0.39, 0.29) is 23.3 Å². The lowest BCUT2D eigenvalue weighted by Gasteiger charge is -2.28. The number of alkyl halides is 3. The van der Waals surface area contributed by atoms with Gasteiger partial charge in [-0.2, -0.15) is 13.2 Å². The molecular weight excluding hydrogens is 506 g/mol. The molecule has 1 aliphatic heterocycles. The van der Waals surface area contributed by atoms with Crippen molar-refractivity contribution in [3.8, 4) is 11.3 Å². The molecule has 0 amide bonds. The van der Waals surface area contributed by atoms with Gasteiger partial charge in [0.15, 0.2) is 17.9 Å². The highest BCUT2D eigenvalue weighted by molar-refractivity contribution is 7.19. The Hall–Kier alpha value is -2.92. The Kier molecular flexibility index (Phi) is 6.22. The predicted molar refractivity (Wildman–Crippen MR) is 132 cm³/mol. The molecule has 3 heterocycles. The second kappa shape index (κ2) is 9.43. The van der Waals surface area contributed by atoms with Crippen LogP contribution < -0.4 is 10.7 Å². The maximum atomic E-state index is 15.1. The van der Waals surface area contributed by atoms with Gasteiger partial charge < -0.3 is 10.5 Å². The van der Waals surface area contributed by atoms with Crippen molar-refractivity contribution in [3.05, 3.63) is 52.2 Å². The first-order valence-corrected chi connectivity index (χ1v) is 13.3. The van der Waals surface area contributed by atoms with Crippen LogP contribution in [0.15, 0.2) is 30.0 Å². The molecule has 2 saturated carbocycles. The summed E-state index contributed by atoms with van der Waals surface area (Å²) >= 11 is 1.40. The summed E-state index contributed by atoms with van der Waals surface area (Å²) in [5.41, 5.74) is 6.46. The van der Waals surface area contributed by atoms with Gasteiger partial charge in [0.1, 0.15) is 16.3 Å². The first-order chi connectivity index (χ1) is 17.8. The molecule has 11 heteroatoms. The van der Waals surface area contributed by atoms with Crippen LogP contribution in [0, 0.1) is 5.82 Å². The number of nitrogens with zero attached hydrogens (tertiary/aromatic N) is 3. The molecule has 6 nitrogen and oxygen atoms in total. The Morgan fingerprint density at radius 1 is 1.08 bits per heavy atom. The van der Waals surface area contributed by atoms with Crippen molar-refractivity contribution < 1.29 is 27.3 Å². The fourth-order valence-corrected chi connectivity index (χ4v) is 5.77. The van der Waals surface area contributed by atoms with Crippen LogP contribution in [0.5, 0.6) is 0 Å². The molecule has 0 bridgehead atoms. The highest BCUT2D eigenvalue weighted by Gasteiger charge is 2.34. The average Bonchev–Trinajstić information content (AvgIpc) is 3.82. The summed E-state index contributed by atoms with van der Waals surface area (Å²) in [5.74, 6) is -0.225. The van der Waals surface area contributed by atoms with Crippen LogP contribution in [0.2, 0.25) is 0 Å². The van der Waals surface area contributed by atoms with Gasteiger partial charge in [-0.3, -0.25) is 0 Å². The number of thiazole rings is 1. The van der Waals surface area contributed by atoms with E-state index in [0.29, 0.717) is 53.6 Å². The third-order valence-electron chi connectivity index (χ3n) is 7.04. The maximum absolute atomic E-state index is 15.1. The first kappa shape index (κ1) is 24.4. The Balaban J connectivity index is 1.38. The summed E-state index contributed by atoms with van der Waals surface area (Å²) in [7, 11) is 0. The highest BCUT2D eigenvalue weighted by atomic mass is 32.1. The minimum absolute atomic E-state index is 0.0146. The highest BCUT2D eigenvalue weighted by Crippen LogP contribution is 2.45. The quantitative estimate of drug-likeness (QED) is 0.367. The van der Waals surface area contributed by atoms with E-state index < -0.39 is 17.6 Å². The summed E-state index contributed by atoms with van der Waals surface area (Å²) in [4.78, 5) is 17.6. The van der Waals surface area contributed by atoms with E-state index in [0.717, 1.165) is 48.4 Å². The van der Waals surface area contributed by atoms with Crippen molar-refractivity contribution in [1.82, 2.24) is 15.0 Å². The lowest BCUT2D eigenvalue weighted by Crippen LogP contribution is -2.71. The van der Waals surface area contributed by atoms with Crippen molar-refractivity contribution >= 4 is 27.9 Å². The van der Waals surface area contributed by atoms with Crippen molar-refractivity contribution in [2.75, 3.05) is 6.61 Å². The number of hydrogen-bond donors (Lipinski definition) is 2. The number of benzene rings is 1. The molecule has 1 saturated heterocycles. The molecule has 37 heavy (non-hydrogen) atoms. The fourth-order valence-electron chi connectivity index (χ4n) is 4.59. The van der Waals surface area contributed by atoms with Crippen LogP contribution >= 0.6 is 11.3 Å². The zero-order chi connectivity index (χ0) is 25.7. The van der Waals surface area contributed by atoms with Gasteiger partial charge in [0.05, 0.1) is 27.9 Å². The summed E-state index contributed by atoms with van der Waals surface area (Å²) < 4.78 is 61.2.